The van der Waals surface area contributed by atoms with Gasteiger partial charge in [0.25, 0.3) is 11.8 Å². The zero-order valence-electron chi connectivity index (χ0n) is 21.4. The van der Waals surface area contributed by atoms with E-state index in [2.05, 4.69) is 48.9 Å². The predicted molar refractivity (Wildman–Crippen MR) is 139 cm³/mol. The highest BCUT2D eigenvalue weighted by atomic mass is 16.6. The molecule has 0 radical (unpaired) electrons. The lowest BCUT2D eigenvalue weighted by molar-refractivity contribution is -0.125. The van der Waals surface area contributed by atoms with E-state index in [4.69, 9.17) is 4.84 Å². The van der Waals surface area contributed by atoms with E-state index in [1.54, 1.807) is 17.9 Å². The maximum atomic E-state index is 12.7. The largest absolute Gasteiger partial charge is 0.399 e. The maximum Gasteiger partial charge on any atom is 0.271 e. The van der Waals surface area contributed by atoms with Crippen LogP contribution in [0.2, 0.25) is 0 Å². The number of nitrogens with zero attached hydrogens (tertiary/aromatic N) is 5. The Labute approximate surface area is 216 Å². The van der Waals surface area contributed by atoms with Crippen molar-refractivity contribution in [2.24, 2.45) is 5.16 Å². The number of fused-ring (bicyclic) bond motifs is 1. The summed E-state index contributed by atoms with van der Waals surface area (Å²) in [7, 11) is 1.41. The van der Waals surface area contributed by atoms with Gasteiger partial charge in [-0.2, -0.15) is 0 Å². The van der Waals surface area contributed by atoms with Gasteiger partial charge in [0.1, 0.15) is 30.7 Å². The smallest absolute Gasteiger partial charge is 0.271 e. The minimum absolute atomic E-state index is 0.0182. The van der Waals surface area contributed by atoms with E-state index in [-0.39, 0.29) is 30.1 Å². The van der Waals surface area contributed by atoms with Gasteiger partial charge in [-0.25, -0.2) is 9.97 Å². The number of aliphatic hydroxyl groups is 1. The molecule has 0 aliphatic carbocycles. The van der Waals surface area contributed by atoms with Crippen LogP contribution in [-0.2, 0) is 22.6 Å². The molecule has 0 saturated carbocycles. The average Bonchev–Trinajstić information content (AvgIpc) is 2.91. The van der Waals surface area contributed by atoms with Crippen LogP contribution in [0, 0.1) is 0 Å². The van der Waals surface area contributed by atoms with Crippen LogP contribution in [0.5, 0.6) is 0 Å². The van der Waals surface area contributed by atoms with Crippen molar-refractivity contribution >= 4 is 23.3 Å². The van der Waals surface area contributed by atoms with Crippen molar-refractivity contribution in [2.75, 3.05) is 45.2 Å². The molecule has 2 aliphatic rings. The molecule has 0 spiro atoms. The normalized spacial score (nSPS) is 19.1. The van der Waals surface area contributed by atoms with Gasteiger partial charge in [-0.1, -0.05) is 29.4 Å². The molecule has 1 fully saturated rings. The number of piperidine rings is 1. The summed E-state index contributed by atoms with van der Waals surface area (Å²) >= 11 is 0. The van der Waals surface area contributed by atoms with E-state index >= 15 is 0 Å². The molecule has 11 nitrogen and oxygen atoms in total. The zero-order valence-corrected chi connectivity index (χ0v) is 21.4. The molecular formula is C26H35N7O4. The molecule has 2 amide bonds. The topological polar surface area (TPSA) is 132 Å². The number of amides is 2. The summed E-state index contributed by atoms with van der Waals surface area (Å²) in [5, 5.41) is 20.3. The molecule has 37 heavy (non-hydrogen) atoms. The molecule has 2 atom stereocenters. The molecule has 3 N–H and O–H groups in total. The molecule has 11 heteroatoms. The van der Waals surface area contributed by atoms with Crippen molar-refractivity contribution in [2.45, 2.75) is 44.9 Å². The van der Waals surface area contributed by atoms with E-state index in [0.29, 0.717) is 31.2 Å². The quantitative estimate of drug-likeness (QED) is 0.338. The molecule has 1 aromatic carbocycles. The summed E-state index contributed by atoms with van der Waals surface area (Å²) in [4.78, 5) is 42.2. The van der Waals surface area contributed by atoms with Crippen molar-refractivity contribution in [3.63, 3.8) is 0 Å². The Kier molecular flexibility index (Phi) is 9.02. The minimum Gasteiger partial charge on any atom is -0.399 e. The van der Waals surface area contributed by atoms with Crippen LogP contribution < -0.4 is 10.6 Å². The summed E-state index contributed by atoms with van der Waals surface area (Å²) in [5.41, 5.74) is 3.16. The van der Waals surface area contributed by atoms with Crippen molar-refractivity contribution in [1.29, 1.82) is 0 Å². The van der Waals surface area contributed by atoms with Crippen molar-refractivity contribution < 1.29 is 19.5 Å². The van der Waals surface area contributed by atoms with Gasteiger partial charge in [0, 0.05) is 51.4 Å². The van der Waals surface area contributed by atoms with E-state index in [9.17, 15) is 14.7 Å². The van der Waals surface area contributed by atoms with Gasteiger partial charge < -0.3 is 25.5 Å². The van der Waals surface area contributed by atoms with Crippen LogP contribution in [0.3, 0.4) is 0 Å². The Morgan fingerprint density at radius 2 is 2.05 bits per heavy atom. The van der Waals surface area contributed by atoms with Gasteiger partial charge in [0.05, 0.1) is 6.10 Å². The Balaban J connectivity index is 1.26. The SMILES string of the molecule is CON=C(C)C(=O)N1CCCC(Nc2cc(C(=O)NC[C@H](O)CN3CCc4ccccc4C3)ncn2)C1. The van der Waals surface area contributed by atoms with Gasteiger partial charge in [0.15, 0.2) is 0 Å². The molecular weight excluding hydrogens is 474 g/mol. The van der Waals surface area contributed by atoms with Crippen LogP contribution in [0.4, 0.5) is 5.82 Å². The van der Waals surface area contributed by atoms with Crippen molar-refractivity contribution in [1.82, 2.24) is 25.1 Å². The van der Waals surface area contributed by atoms with Crippen molar-refractivity contribution in [3.8, 4) is 0 Å². The molecule has 4 rings (SSSR count). The molecule has 2 aromatic rings. The number of hydrogen-bond acceptors (Lipinski definition) is 9. The molecule has 3 heterocycles. The first kappa shape index (κ1) is 26.5. The summed E-state index contributed by atoms with van der Waals surface area (Å²) in [5.74, 6) is -0.0296. The predicted octanol–water partition coefficient (Wildman–Crippen LogP) is 1.05. The fourth-order valence-electron chi connectivity index (χ4n) is 4.83. The minimum atomic E-state index is -0.690. The number of carbonyl (C=O) groups excluding carboxylic acids is 2. The van der Waals surface area contributed by atoms with Gasteiger partial charge in [-0.05, 0) is 37.3 Å². The van der Waals surface area contributed by atoms with Crippen LogP contribution in [-0.4, -0.2) is 94.4 Å². The number of rotatable bonds is 9. The number of β-amino-alcohol motifs (C(OH)–C–C–N with tert-alkyl or cyclic N) is 1. The number of oxime groups is 1. The monoisotopic (exact) mass is 509 g/mol. The van der Waals surface area contributed by atoms with Crippen LogP contribution >= 0.6 is 0 Å². The first-order chi connectivity index (χ1) is 17.9. The van der Waals surface area contributed by atoms with Gasteiger partial charge in [0.2, 0.25) is 0 Å². The van der Waals surface area contributed by atoms with Crippen LogP contribution in [0.25, 0.3) is 0 Å². The lowest BCUT2D eigenvalue weighted by atomic mass is 10.00. The average molecular weight is 510 g/mol. The first-order valence-corrected chi connectivity index (χ1v) is 12.6. The second-order valence-corrected chi connectivity index (χ2v) is 9.50. The van der Waals surface area contributed by atoms with E-state index < -0.39 is 6.10 Å². The van der Waals surface area contributed by atoms with Crippen molar-refractivity contribution in [3.05, 3.63) is 53.5 Å². The van der Waals surface area contributed by atoms with Gasteiger partial charge in [-0.3, -0.25) is 14.5 Å². The molecule has 0 bridgehead atoms. The number of anilines is 1. The zero-order chi connectivity index (χ0) is 26.2. The summed E-state index contributed by atoms with van der Waals surface area (Å²) in [6, 6.07) is 9.93. The third kappa shape index (κ3) is 7.23. The Bertz CT molecular complexity index is 1130. The van der Waals surface area contributed by atoms with Crippen LogP contribution in [0.15, 0.2) is 41.8 Å². The Morgan fingerprint density at radius 3 is 2.86 bits per heavy atom. The number of carbonyl (C=O) groups is 2. The highest BCUT2D eigenvalue weighted by Crippen LogP contribution is 2.19. The van der Waals surface area contributed by atoms with E-state index in [1.165, 1.54) is 24.6 Å². The highest BCUT2D eigenvalue weighted by Gasteiger charge is 2.26. The second kappa shape index (κ2) is 12.6. The Hall–Kier alpha value is -3.57. The number of aromatic nitrogens is 2. The molecule has 1 saturated heterocycles. The van der Waals surface area contributed by atoms with E-state index in [1.807, 2.05) is 6.07 Å². The second-order valence-electron chi connectivity index (χ2n) is 9.50. The number of likely N-dealkylation sites (tertiary alicyclic amines) is 1. The van der Waals surface area contributed by atoms with E-state index in [0.717, 1.165) is 32.4 Å². The van der Waals surface area contributed by atoms with Gasteiger partial charge in [-0.15, -0.1) is 0 Å². The first-order valence-electron chi connectivity index (χ1n) is 12.6. The summed E-state index contributed by atoms with van der Waals surface area (Å²) < 4.78 is 0. The standard InChI is InChI=1S/C26H35N7O4/c1-18(31-37-2)26(36)33-10-5-8-21(15-33)30-24-12-23(28-17-29-24)25(35)27-13-22(34)16-32-11-9-19-6-3-4-7-20(19)14-32/h3-4,6-7,12,17,21-22,34H,5,8-11,13-16H2,1-2H3,(H,27,35)(H,28,29,30)/t21?,22-/m0/s1. The molecule has 198 valence electrons. The summed E-state index contributed by atoms with van der Waals surface area (Å²) in [6.07, 6.45) is 3.30. The molecule has 1 unspecified atom stereocenters. The lowest BCUT2D eigenvalue weighted by Crippen LogP contribution is -2.47. The number of aliphatic hydroxyl groups excluding tert-OH is 1. The molecule has 2 aliphatic heterocycles. The molecule has 1 aromatic heterocycles. The third-order valence-corrected chi connectivity index (χ3v) is 6.67. The number of hydrogen-bond donors (Lipinski definition) is 3. The summed E-state index contributed by atoms with van der Waals surface area (Å²) in [6.45, 7) is 5.06. The van der Waals surface area contributed by atoms with Crippen LogP contribution in [0.1, 0.15) is 41.4 Å². The fourth-order valence-corrected chi connectivity index (χ4v) is 4.83. The number of benzene rings is 1. The maximum absolute atomic E-state index is 12.7. The third-order valence-electron chi connectivity index (χ3n) is 6.67. The Morgan fingerprint density at radius 1 is 1.24 bits per heavy atom. The highest BCUT2D eigenvalue weighted by molar-refractivity contribution is 6.37. The fraction of sp³-hybridized carbons (Fsp3) is 0.500. The van der Waals surface area contributed by atoms with Gasteiger partial charge >= 0.3 is 0 Å². The lowest BCUT2D eigenvalue weighted by Gasteiger charge is -2.33. The number of nitrogens with one attached hydrogen (secondary N) is 2.